The summed E-state index contributed by atoms with van der Waals surface area (Å²) in [5, 5.41) is 0. The van der Waals surface area contributed by atoms with Crippen molar-refractivity contribution in [2.24, 2.45) is 0 Å². The van der Waals surface area contributed by atoms with E-state index in [1.807, 2.05) is 0 Å². The molecule has 0 N–H and O–H groups in total. The SMILES string of the molecule is CC/C=C\C/C=C\C/C=C\C/C=C\C/C=C\CCCC(=O)OCC(COCCCCCCCCCCCCCC)OC(=O)CCCC/C=C\C/C=C\C/C=C\C/C=C\CC. The summed E-state index contributed by atoms with van der Waals surface area (Å²) in [6.07, 6.45) is 68.1. The van der Waals surface area contributed by atoms with E-state index in [1.54, 1.807) is 0 Å². The molecule has 0 saturated carbocycles. The monoisotopic (exact) mass is 831 g/mol. The van der Waals surface area contributed by atoms with Crippen molar-refractivity contribution in [2.75, 3.05) is 19.8 Å². The number of hydrogen-bond acceptors (Lipinski definition) is 5. The van der Waals surface area contributed by atoms with Gasteiger partial charge in [0.05, 0.1) is 6.61 Å². The number of ether oxygens (including phenoxy) is 3. The van der Waals surface area contributed by atoms with Crippen molar-refractivity contribution in [3.05, 3.63) is 109 Å². The van der Waals surface area contributed by atoms with Gasteiger partial charge in [0.15, 0.2) is 6.10 Å². The number of carbonyl (C=O) groups excluding carboxylic acids is 2. The van der Waals surface area contributed by atoms with E-state index in [9.17, 15) is 9.59 Å². The molecule has 0 aliphatic rings. The van der Waals surface area contributed by atoms with E-state index in [2.05, 4.69) is 130 Å². The van der Waals surface area contributed by atoms with Crippen molar-refractivity contribution in [3.63, 3.8) is 0 Å². The van der Waals surface area contributed by atoms with E-state index >= 15 is 0 Å². The van der Waals surface area contributed by atoms with Gasteiger partial charge in [-0.1, -0.05) is 201 Å². The normalized spacial score (nSPS) is 13.2. The summed E-state index contributed by atoms with van der Waals surface area (Å²) >= 11 is 0. The second-order valence-corrected chi connectivity index (χ2v) is 15.6. The van der Waals surface area contributed by atoms with E-state index in [4.69, 9.17) is 14.2 Å². The van der Waals surface area contributed by atoms with Crippen LogP contribution in [0, 0.1) is 0 Å². The fourth-order valence-corrected chi connectivity index (χ4v) is 6.24. The first-order valence-electron chi connectivity index (χ1n) is 24.4. The fraction of sp³-hybridized carbons (Fsp3) is 0.636. The van der Waals surface area contributed by atoms with Crippen LogP contribution in [0.2, 0.25) is 0 Å². The Morgan fingerprint density at radius 1 is 0.383 bits per heavy atom. The Morgan fingerprint density at radius 3 is 1.22 bits per heavy atom. The lowest BCUT2D eigenvalue weighted by Crippen LogP contribution is -2.30. The number of esters is 2. The topological polar surface area (TPSA) is 61.8 Å². The first-order valence-corrected chi connectivity index (χ1v) is 24.4. The van der Waals surface area contributed by atoms with Crippen LogP contribution < -0.4 is 0 Å². The summed E-state index contributed by atoms with van der Waals surface area (Å²) in [5.74, 6) is -0.518. The Morgan fingerprint density at radius 2 is 0.767 bits per heavy atom. The maximum Gasteiger partial charge on any atom is 0.306 e. The first kappa shape index (κ1) is 56.6. The molecular formula is C55H90O5. The van der Waals surface area contributed by atoms with E-state index in [1.165, 1.54) is 64.2 Å². The molecule has 0 radical (unpaired) electrons. The molecule has 0 bridgehead atoms. The van der Waals surface area contributed by atoms with Crippen LogP contribution in [0.1, 0.15) is 201 Å². The molecular weight excluding hydrogens is 741 g/mol. The molecule has 0 aromatic rings. The van der Waals surface area contributed by atoms with E-state index in [0.717, 1.165) is 103 Å². The molecule has 0 rings (SSSR count). The lowest BCUT2D eigenvalue weighted by Gasteiger charge is -2.18. The van der Waals surface area contributed by atoms with Crippen LogP contribution in [0.4, 0.5) is 0 Å². The third-order valence-corrected chi connectivity index (χ3v) is 9.80. The molecule has 0 fully saturated rings. The summed E-state index contributed by atoms with van der Waals surface area (Å²) in [6, 6.07) is 0. The molecule has 0 heterocycles. The zero-order valence-electron chi connectivity index (χ0n) is 38.9. The highest BCUT2D eigenvalue weighted by Gasteiger charge is 2.17. The molecule has 0 saturated heterocycles. The van der Waals surface area contributed by atoms with E-state index < -0.39 is 6.10 Å². The van der Waals surface area contributed by atoms with Gasteiger partial charge in [0, 0.05) is 19.4 Å². The van der Waals surface area contributed by atoms with Crippen LogP contribution in [-0.4, -0.2) is 37.9 Å². The summed E-state index contributed by atoms with van der Waals surface area (Å²) in [7, 11) is 0. The minimum absolute atomic E-state index is 0.0344. The molecule has 5 heteroatoms. The Hall–Kier alpha value is -3.44. The minimum atomic E-state index is -0.584. The second-order valence-electron chi connectivity index (χ2n) is 15.6. The van der Waals surface area contributed by atoms with Crippen molar-refractivity contribution >= 4 is 11.9 Å². The lowest BCUT2D eigenvalue weighted by atomic mass is 10.1. The van der Waals surface area contributed by atoms with Crippen molar-refractivity contribution in [1.29, 1.82) is 0 Å². The predicted molar refractivity (Wildman–Crippen MR) is 260 cm³/mol. The van der Waals surface area contributed by atoms with E-state index in [0.29, 0.717) is 19.4 Å². The number of hydrogen-bond donors (Lipinski definition) is 0. The maximum absolute atomic E-state index is 12.8. The van der Waals surface area contributed by atoms with Gasteiger partial charge in [-0.25, -0.2) is 0 Å². The van der Waals surface area contributed by atoms with Gasteiger partial charge < -0.3 is 14.2 Å². The van der Waals surface area contributed by atoms with Gasteiger partial charge in [-0.2, -0.15) is 0 Å². The molecule has 0 aromatic carbocycles. The third kappa shape index (κ3) is 47.2. The lowest BCUT2D eigenvalue weighted by molar-refractivity contribution is -0.162. The number of carbonyl (C=O) groups is 2. The van der Waals surface area contributed by atoms with Gasteiger partial charge in [-0.3, -0.25) is 9.59 Å². The van der Waals surface area contributed by atoms with Crippen molar-refractivity contribution < 1.29 is 23.8 Å². The van der Waals surface area contributed by atoms with Gasteiger partial charge in [0.1, 0.15) is 6.61 Å². The highest BCUT2D eigenvalue weighted by molar-refractivity contribution is 5.70. The smallest absolute Gasteiger partial charge is 0.306 e. The molecule has 0 spiro atoms. The standard InChI is InChI=1S/C55H90O5/c1-4-7-10-13-16-19-22-25-27-28-30-31-33-36-39-42-45-48-54(56)59-52-53(51-58-50-47-44-41-38-35-24-21-18-15-12-9-6-3)60-55(57)49-46-43-40-37-34-32-29-26-23-20-17-14-11-8-5-2/h7-8,10-11,16-17,19-20,25-27,29-31,34,36-37,39,53H,4-6,9,12-15,18,21-24,28,32-33,35,38,40-52H2,1-3H3/b10-7-,11-8-,19-16-,20-17-,27-25-,29-26-,31-30-,37-34-,39-36-. The van der Waals surface area contributed by atoms with Crippen molar-refractivity contribution in [3.8, 4) is 0 Å². The maximum atomic E-state index is 12.8. The second kappa shape index (κ2) is 49.9. The number of allylic oxidation sites excluding steroid dienone is 18. The summed E-state index contributed by atoms with van der Waals surface area (Å²) in [4.78, 5) is 25.3. The van der Waals surface area contributed by atoms with Gasteiger partial charge in [0.25, 0.3) is 0 Å². The Labute approximate surface area is 370 Å². The van der Waals surface area contributed by atoms with Crippen molar-refractivity contribution in [2.45, 2.75) is 207 Å². The van der Waals surface area contributed by atoms with Gasteiger partial charge in [-0.15, -0.1) is 0 Å². The molecule has 340 valence electrons. The van der Waals surface area contributed by atoms with Crippen LogP contribution in [-0.2, 0) is 23.8 Å². The van der Waals surface area contributed by atoms with Crippen molar-refractivity contribution in [1.82, 2.24) is 0 Å². The average molecular weight is 831 g/mol. The quantitative estimate of drug-likeness (QED) is 0.0348. The highest BCUT2D eigenvalue weighted by atomic mass is 16.6. The van der Waals surface area contributed by atoms with Crippen LogP contribution in [0.25, 0.3) is 0 Å². The summed E-state index contributed by atoms with van der Waals surface area (Å²) < 4.78 is 17.3. The zero-order valence-corrected chi connectivity index (χ0v) is 38.9. The third-order valence-electron chi connectivity index (χ3n) is 9.80. The predicted octanol–water partition coefficient (Wildman–Crippen LogP) is 16.4. The van der Waals surface area contributed by atoms with Crippen LogP contribution >= 0.6 is 0 Å². The number of unbranched alkanes of at least 4 members (excludes halogenated alkanes) is 14. The molecule has 0 aliphatic carbocycles. The van der Waals surface area contributed by atoms with Crippen LogP contribution in [0.5, 0.6) is 0 Å². The zero-order chi connectivity index (χ0) is 43.5. The summed E-state index contributed by atoms with van der Waals surface area (Å²) in [6.45, 7) is 7.48. The van der Waals surface area contributed by atoms with Gasteiger partial charge in [0.2, 0.25) is 0 Å². The molecule has 0 aliphatic heterocycles. The molecule has 1 atom stereocenters. The fourth-order valence-electron chi connectivity index (χ4n) is 6.24. The van der Waals surface area contributed by atoms with Crippen LogP contribution in [0.15, 0.2) is 109 Å². The van der Waals surface area contributed by atoms with E-state index in [-0.39, 0.29) is 25.2 Å². The number of rotatable bonds is 43. The Kier molecular flexibility index (Phi) is 47.1. The minimum Gasteiger partial charge on any atom is -0.462 e. The highest BCUT2D eigenvalue weighted by Crippen LogP contribution is 2.13. The Bertz CT molecular complexity index is 1210. The molecule has 0 amide bonds. The van der Waals surface area contributed by atoms with Gasteiger partial charge in [-0.05, 0) is 96.3 Å². The largest absolute Gasteiger partial charge is 0.462 e. The molecule has 60 heavy (non-hydrogen) atoms. The summed E-state index contributed by atoms with van der Waals surface area (Å²) in [5.41, 5.74) is 0. The van der Waals surface area contributed by atoms with Crippen LogP contribution in [0.3, 0.4) is 0 Å². The molecule has 1 unspecified atom stereocenters. The average Bonchev–Trinajstić information content (AvgIpc) is 3.25. The molecule has 0 aromatic heterocycles. The first-order chi connectivity index (χ1) is 29.6. The van der Waals surface area contributed by atoms with Gasteiger partial charge >= 0.3 is 11.9 Å². The Balaban J connectivity index is 4.44. The molecule has 5 nitrogen and oxygen atoms in total.